The Hall–Kier alpha value is -2.47. The zero-order valence-electron chi connectivity index (χ0n) is 13.1. The van der Waals surface area contributed by atoms with Crippen LogP contribution in [-0.2, 0) is 4.74 Å². The molecule has 3 rings (SSSR count). The van der Waals surface area contributed by atoms with Crippen molar-refractivity contribution in [2.75, 3.05) is 26.0 Å². The number of nitrogens with two attached hydrogens (primary N) is 1. The van der Waals surface area contributed by atoms with E-state index in [1.807, 2.05) is 35.2 Å². The molecule has 0 aliphatic carbocycles. The minimum Gasteiger partial charge on any atom is -0.383 e. The molecule has 1 aromatic heterocycles. The van der Waals surface area contributed by atoms with Gasteiger partial charge >= 0.3 is 0 Å². The summed E-state index contributed by atoms with van der Waals surface area (Å²) in [6.07, 6.45) is 3.46. The molecule has 0 saturated carbocycles. The molecule has 120 valence electrons. The molecule has 0 spiro atoms. The Bertz CT molecular complexity index is 690. The van der Waals surface area contributed by atoms with Crippen molar-refractivity contribution in [1.82, 2.24) is 14.9 Å². The summed E-state index contributed by atoms with van der Waals surface area (Å²) in [4.78, 5) is 23.2. The average Bonchev–Trinajstić information content (AvgIpc) is 3.04. The maximum atomic E-state index is 13.0. The van der Waals surface area contributed by atoms with Gasteiger partial charge in [-0.2, -0.15) is 0 Å². The van der Waals surface area contributed by atoms with Crippen LogP contribution in [0.25, 0.3) is 11.3 Å². The fraction of sp³-hybridized carbons (Fsp3) is 0.353. The standard InChI is InChI=1S/C17H20N4O2/c1-23-11-13-8-5-9-21(13)16(22)14-10-19-17(18)20-15(14)12-6-3-2-4-7-12/h2-4,6-7,10,13H,5,8-9,11H2,1H3,(H2,18,19,20)/t13-/m1/s1. The molecule has 1 aliphatic heterocycles. The molecule has 1 aromatic carbocycles. The first-order chi connectivity index (χ1) is 11.2. The van der Waals surface area contributed by atoms with Crippen LogP contribution in [0.15, 0.2) is 36.5 Å². The lowest BCUT2D eigenvalue weighted by Gasteiger charge is -2.24. The van der Waals surface area contributed by atoms with Gasteiger partial charge in [-0.1, -0.05) is 30.3 Å². The fourth-order valence-corrected chi connectivity index (χ4v) is 2.99. The van der Waals surface area contributed by atoms with Crippen LogP contribution in [0.4, 0.5) is 5.95 Å². The normalized spacial score (nSPS) is 17.4. The van der Waals surface area contributed by atoms with Gasteiger partial charge in [-0.05, 0) is 12.8 Å². The zero-order valence-corrected chi connectivity index (χ0v) is 13.1. The van der Waals surface area contributed by atoms with Crippen molar-refractivity contribution in [2.45, 2.75) is 18.9 Å². The number of aromatic nitrogens is 2. The first-order valence-electron chi connectivity index (χ1n) is 7.68. The molecule has 0 unspecified atom stereocenters. The number of benzene rings is 1. The lowest BCUT2D eigenvalue weighted by molar-refractivity contribution is 0.0630. The zero-order chi connectivity index (χ0) is 16.2. The topological polar surface area (TPSA) is 81.3 Å². The van der Waals surface area contributed by atoms with E-state index in [0.717, 1.165) is 24.9 Å². The average molecular weight is 312 g/mol. The van der Waals surface area contributed by atoms with Crippen molar-refractivity contribution in [1.29, 1.82) is 0 Å². The Morgan fingerprint density at radius 1 is 1.39 bits per heavy atom. The lowest BCUT2D eigenvalue weighted by atomic mass is 10.1. The monoisotopic (exact) mass is 312 g/mol. The first kappa shape index (κ1) is 15.4. The van der Waals surface area contributed by atoms with Gasteiger partial charge in [0.25, 0.3) is 5.91 Å². The summed E-state index contributed by atoms with van der Waals surface area (Å²) in [5.74, 6) is 0.0960. The van der Waals surface area contributed by atoms with E-state index < -0.39 is 0 Å². The molecule has 1 fully saturated rings. The first-order valence-corrected chi connectivity index (χ1v) is 7.68. The molecule has 2 N–H and O–H groups in total. The van der Waals surface area contributed by atoms with Crippen molar-refractivity contribution >= 4 is 11.9 Å². The van der Waals surface area contributed by atoms with Gasteiger partial charge < -0.3 is 15.4 Å². The number of methoxy groups -OCH3 is 1. The number of carbonyl (C=O) groups excluding carboxylic acids is 1. The number of anilines is 1. The summed E-state index contributed by atoms with van der Waals surface area (Å²) in [6, 6.07) is 9.67. The van der Waals surface area contributed by atoms with Crippen molar-refractivity contribution < 1.29 is 9.53 Å². The van der Waals surface area contributed by atoms with Crippen LogP contribution < -0.4 is 5.73 Å². The molecule has 6 heteroatoms. The van der Waals surface area contributed by atoms with Gasteiger partial charge in [0.1, 0.15) is 0 Å². The van der Waals surface area contributed by atoms with Crippen LogP contribution in [0, 0.1) is 0 Å². The molecule has 1 atom stereocenters. The largest absolute Gasteiger partial charge is 0.383 e. The van der Waals surface area contributed by atoms with Gasteiger partial charge in [0, 0.05) is 25.4 Å². The van der Waals surface area contributed by atoms with Crippen molar-refractivity contribution in [3.05, 3.63) is 42.1 Å². The smallest absolute Gasteiger partial charge is 0.257 e. The number of hydrogen-bond acceptors (Lipinski definition) is 5. The van der Waals surface area contributed by atoms with E-state index in [1.54, 1.807) is 7.11 Å². The molecule has 23 heavy (non-hydrogen) atoms. The highest BCUT2D eigenvalue weighted by Gasteiger charge is 2.31. The highest BCUT2D eigenvalue weighted by Crippen LogP contribution is 2.26. The lowest BCUT2D eigenvalue weighted by Crippen LogP contribution is -2.38. The summed E-state index contributed by atoms with van der Waals surface area (Å²) in [7, 11) is 1.66. The van der Waals surface area contributed by atoms with Gasteiger partial charge in [0.15, 0.2) is 0 Å². The number of hydrogen-bond donors (Lipinski definition) is 1. The van der Waals surface area contributed by atoms with Gasteiger partial charge in [0.05, 0.1) is 23.9 Å². The molecule has 2 aromatic rings. The van der Waals surface area contributed by atoms with Crippen LogP contribution >= 0.6 is 0 Å². The van der Waals surface area contributed by atoms with E-state index in [0.29, 0.717) is 17.9 Å². The molecule has 1 amide bonds. The molecule has 2 heterocycles. The number of carbonyl (C=O) groups is 1. The van der Waals surface area contributed by atoms with Crippen LogP contribution in [0.2, 0.25) is 0 Å². The minimum absolute atomic E-state index is 0.0663. The maximum absolute atomic E-state index is 13.0. The van der Waals surface area contributed by atoms with Crippen LogP contribution in [-0.4, -0.2) is 47.1 Å². The second-order valence-electron chi connectivity index (χ2n) is 5.61. The van der Waals surface area contributed by atoms with E-state index in [1.165, 1.54) is 6.20 Å². The summed E-state index contributed by atoms with van der Waals surface area (Å²) in [5.41, 5.74) is 7.64. The summed E-state index contributed by atoms with van der Waals surface area (Å²) < 4.78 is 5.23. The highest BCUT2D eigenvalue weighted by molar-refractivity contribution is 6.00. The molecule has 0 bridgehead atoms. The number of ether oxygens (including phenoxy) is 1. The predicted molar refractivity (Wildman–Crippen MR) is 87.8 cm³/mol. The predicted octanol–water partition coefficient (Wildman–Crippen LogP) is 1.98. The minimum atomic E-state index is -0.0663. The SMILES string of the molecule is COC[C@H]1CCCN1C(=O)c1cnc(N)nc1-c1ccccc1. The van der Waals surface area contributed by atoms with Crippen LogP contribution in [0.5, 0.6) is 0 Å². The maximum Gasteiger partial charge on any atom is 0.257 e. The Labute approximate surface area is 135 Å². The third-order valence-electron chi connectivity index (χ3n) is 4.08. The third kappa shape index (κ3) is 3.17. The third-order valence-corrected chi connectivity index (χ3v) is 4.08. The van der Waals surface area contributed by atoms with Gasteiger partial charge in [0.2, 0.25) is 5.95 Å². The molecular formula is C17H20N4O2. The summed E-state index contributed by atoms with van der Waals surface area (Å²) in [5, 5.41) is 0. The van der Waals surface area contributed by atoms with Crippen molar-refractivity contribution in [3.63, 3.8) is 0 Å². The summed E-state index contributed by atoms with van der Waals surface area (Å²) in [6.45, 7) is 1.27. The molecule has 1 saturated heterocycles. The van der Waals surface area contributed by atoms with Gasteiger partial charge in [-0.25, -0.2) is 9.97 Å². The summed E-state index contributed by atoms with van der Waals surface area (Å²) >= 11 is 0. The molecular weight excluding hydrogens is 292 g/mol. The molecule has 6 nitrogen and oxygen atoms in total. The van der Waals surface area contributed by atoms with Crippen molar-refractivity contribution in [2.24, 2.45) is 0 Å². The number of amides is 1. The quantitative estimate of drug-likeness (QED) is 0.933. The van der Waals surface area contributed by atoms with E-state index in [9.17, 15) is 4.79 Å². The van der Waals surface area contributed by atoms with Gasteiger partial charge in [-0.15, -0.1) is 0 Å². The van der Waals surface area contributed by atoms with Crippen LogP contribution in [0.3, 0.4) is 0 Å². The number of nitrogens with zero attached hydrogens (tertiary/aromatic N) is 3. The van der Waals surface area contributed by atoms with E-state index in [2.05, 4.69) is 9.97 Å². The highest BCUT2D eigenvalue weighted by atomic mass is 16.5. The number of likely N-dealkylation sites (tertiary alicyclic amines) is 1. The van der Waals surface area contributed by atoms with Crippen molar-refractivity contribution in [3.8, 4) is 11.3 Å². The van der Waals surface area contributed by atoms with E-state index in [4.69, 9.17) is 10.5 Å². The van der Waals surface area contributed by atoms with E-state index >= 15 is 0 Å². The second kappa shape index (κ2) is 6.75. The Balaban J connectivity index is 1.98. The molecule has 1 aliphatic rings. The number of nitrogen functional groups attached to an aromatic ring is 1. The van der Waals surface area contributed by atoms with Gasteiger partial charge in [-0.3, -0.25) is 4.79 Å². The Morgan fingerprint density at radius 3 is 2.91 bits per heavy atom. The Kier molecular flexibility index (Phi) is 4.52. The van der Waals surface area contributed by atoms with Crippen LogP contribution in [0.1, 0.15) is 23.2 Å². The second-order valence-corrected chi connectivity index (χ2v) is 5.61. The number of rotatable bonds is 4. The fourth-order valence-electron chi connectivity index (χ4n) is 2.99. The Morgan fingerprint density at radius 2 is 2.17 bits per heavy atom. The van der Waals surface area contributed by atoms with E-state index in [-0.39, 0.29) is 17.9 Å². The molecule has 0 radical (unpaired) electrons.